The number of rotatable bonds is 0. The van der Waals surface area contributed by atoms with Gasteiger partial charge in [0.15, 0.2) is 0 Å². The van der Waals surface area contributed by atoms with Crippen LogP contribution in [0.25, 0.3) is 0 Å². The Kier molecular flexibility index (Phi) is 3.01. The fourth-order valence-electron chi connectivity index (χ4n) is 8.93. The van der Waals surface area contributed by atoms with Gasteiger partial charge in [0.2, 0.25) is 0 Å². The minimum absolute atomic E-state index is 0.0105. The summed E-state index contributed by atoms with van der Waals surface area (Å²) in [6.45, 7) is 0. The Bertz CT molecular complexity index is 481. The Morgan fingerprint density at radius 3 is 1.32 bits per heavy atom. The van der Waals surface area contributed by atoms with Crippen molar-refractivity contribution in [3.8, 4) is 0 Å². The van der Waals surface area contributed by atoms with Crippen molar-refractivity contribution >= 4 is 45.2 Å². The number of halogens is 2. The minimum atomic E-state index is -0.0105. The minimum Gasteiger partial charge on any atom is -0.393 e. The van der Waals surface area contributed by atoms with E-state index in [0.717, 1.165) is 68.0 Å². The van der Waals surface area contributed by atoms with Gasteiger partial charge < -0.3 is 10.2 Å². The lowest BCUT2D eigenvalue weighted by Gasteiger charge is -2.32. The van der Waals surface area contributed by atoms with Gasteiger partial charge in [-0.2, -0.15) is 0 Å². The molecule has 0 spiro atoms. The first-order valence-corrected chi connectivity index (χ1v) is 11.7. The summed E-state index contributed by atoms with van der Waals surface area (Å²) in [5.41, 5.74) is 0. The second kappa shape index (κ2) is 4.56. The van der Waals surface area contributed by atoms with Crippen LogP contribution < -0.4 is 0 Å². The molecule has 2 N–H and O–H groups in total. The van der Waals surface area contributed by atoms with Crippen molar-refractivity contribution in [2.45, 2.75) is 45.7 Å². The van der Waals surface area contributed by atoms with Gasteiger partial charge in [0.1, 0.15) is 0 Å². The lowest BCUT2D eigenvalue weighted by molar-refractivity contribution is 0.0746. The molecule has 0 aliphatic heterocycles. The van der Waals surface area contributed by atoms with Crippen LogP contribution in [-0.2, 0) is 0 Å². The number of fused-ring (bicyclic) bond motifs is 6. The molecule has 0 amide bonds. The van der Waals surface area contributed by atoms with Gasteiger partial charge in [-0.15, -0.1) is 0 Å². The van der Waals surface area contributed by atoms with Crippen molar-refractivity contribution < 1.29 is 10.2 Å². The van der Waals surface area contributed by atoms with Gasteiger partial charge in [0.05, 0.1) is 12.2 Å². The zero-order chi connectivity index (χ0) is 14.9. The van der Waals surface area contributed by atoms with Crippen LogP contribution in [0, 0.1) is 59.2 Å². The molecular weight excluding hydrogens is 502 g/mol. The molecule has 14 atom stereocenters. The molecule has 0 saturated heterocycles. The van der Waals surface area contributed by atoms with E-state index in [0.29, 0.717) is 11.8 Å². The van der Waals surface area contributed by atoms with Crippen molar-refractivity contribution in [3.05, 3.63) is 0 Å². The fourth-order valence-corrected chi connectivity index (χ4v) is 12.9. The molecule has 0 bridgehead atoms. The zero-order valence-corrected chi connectivity index (χ0v) is 16.9. The highest BCUT2D eigenvalue weighted by Crippen LogP contribution is 2.78. The SMILES string of the molecule is O[C@@H]1CC[C@@H]2[C@@H]1[C@@H]1[C@H](I)[C@@H]3[C@@H]4CC[C@H](O)[C@@H]4[C@@H]4[C@H](I)[C@@H]2[C@H]1[C@@H]43. The fraction of sp³-hybridized carbons (Fsp3) is 1.00. The van der Waals surface area contributed by atoms with E-state index in [2.05, 4.69) is 45.2 Å². The van der Waals surface area contributed by atoms with Crippen molar-refractivity contribution in [1.29, 1.82) is 0 Å². The van der Waals surface area contributed by atoms with Crippen LogP contribution in [0.15, 0.2) is 0 Å². The van der Waals surface area contributed by atoms with Crippen LogP contribution in [0.5, 0.6) is 0 Å². The molecule has 6 aliphatic rings. The van der Waals surface area contributed by atoms with Crippen LogP contribution in [0.1, 0.15) is 25.7 Å². The van der Waals surface area contributed by atoms with E-state index in [1.807, 2.05) is 0 Å². The molecule has 122 valence electrons. The molecule has 6 aliphatic carbocycles. The molecular formula is C18H24I2O2. The van der Waals surface area contributed by atoms with Gasteiger partial charge in [-0.1, -0.05) is 45.2 Å². The molecule has 4 heteroatoms. The van der Waals surface area contributed by atoms with Crippen LogP contribution in [-0.4, -0.2) is 30.3 Å². The summed E-state index contributed by atoms with van der Waals surface area (Å²) in [4.78, 5) is 0. The summed E-state index contributed by atoms with van der Waals surface area (Å²) in [6.07, 6.45) is 4.63. The average Bonchev–Trinajstić information content (AvgIpc) is 3.22. The van der Waals surface area contributed by atoms with E-state index < -0.39 is 0 Å². The summed E-state index contributed by atoms with van der Waals surface area (Å²) in [5.74, 6) is 7.92. The predicted molar refractivity (Wildman–Crippen MR) is 101 cm³/mol. The van der Waals surface area contributed by atoms with Crippen molar-refractivity contribution in [2.24, 2.45) is 59.2 Å². The molecule has 0 heterocycles. The number of hydrogen-bond acceptors (Lipinski definition) is 2. The number of aliphatic hydroxyl groups is 2. The summed E-state index contributed by atoms with van der Waals surface area (Å²) >= 11 is 5.56. The van der Waals surface area contributed by atoms with E-state index >= 15 is 0 Å². The van der Waals surface area contributed by atoms with Gasteiger partial charge in [0.25, 0.3) is 0 Å². The Hall–Kier alpha value is 1.38. The van der Waals surface area contributed by atoms with Gasteiger partial charge in [-0.3, -0.25) is 0 Å². The van der Waals surface area contributed by atoms with E-state index in [1.165, 1.54) is 12.8 Å². The molecule has 6 fully saturated rings. The lowest BCUT2D eigenvalue weighted by Crippen LogP contribution is -2.34. The molecule has 0 aromatic rings. The number of aliphatic hydroxyl groups excluding tert-OH is 2. The monoisotopic (exact) mass is 526 g/mol. The topological polar surface area (TPSA) is 40.5 Å². The zero-order valence-electron chi connectivity index (χ0n) is 12.6. The normalized spacial score (nSPS) is 73.6. The quantitative estimate of drug-likeness (QED) is 0.377. The largest absolute Gasteiger partial charge is 0.393 e. The van der Waals surface area contributed by atoms with Crippen LogP contribution in [0.2, 0.25) is 0 Å². The van der Waals surface area contributed by atoms with Gasteiger partial charge in [-0.05, 0) is 84.9 Å². The van der Waals surface area contributed by atoms with E-state index in [4.69, 9.17) is 0 Å². The first kappa shape index (κ1) is 14.5. The highest BCUT2D eigenvalue weighted by atomic mass is 127. The first-order valence-electron chi connectivity index (χ1n) is 9.25. The maximum Gasteiger partial charge on any atom is 0.0574 e. The van der Waals surface area contributed by atoms with Gasteiger partial charge in [-0.25, -0.2) is 0 Å². The smallest absolute Gasteiger partial charge is 0.0574 e. The molecule has 0 unspecified atom stereocenters. The summed E-state index contributed by atoms with van der Waals surface area (Å²) in [5, 5.41) is 21.3. The maximum atomic E-state index is 10.6. The van der Waals surface area contributed by atoms with Gasteiger partial charge >= 0.3 is 0 Å². The third kappa shape index (κ3) is 1.41. The molecule has 6 rings (SSSR count). The third-order valence-corrected chi connectivity index (χ3v) is 12.4. The first-order chi connectivity index (χ1) is 10.6. The van der Waals surface area contributed by atoms with Crippen LogP contribution >= 0.6 is 45.2 Å². The third-order valence-electron chi connectivity index (χ3n) is 9.04. The van der Waals surface area contributed by atoms with Crippen molar-refractivity contribution in [3.63, 3.8) is 0 Å². The highest BCUT2D eigenvalue weighted by Gasteiger charge is 2.77. The lowest BCUT2D eigenvalue weighted by atomic mass is 9.79. The molecule has 0 aromatic heterocycles. The Labute approximate surface area is 159 Å². The van der Waals surface area contributed by atoms with Crippen molar-refractivity contribution in [2.75, 3.05) is 0 Å². The Morgan fingerprint density at radius 1 is 0.500 bits per heavy atom. The highest BCUT2D eigenvalue weighted by molar-refractivity contribution is 14.1. The Morgan fingerprint density at radius 2 is 0.909 bits per heavy atom. The maximum absolute atomic E-state index is 10.6. The summed E-state index contributed by atoms with van der Waals surface area (Å²) < 4.78 is 1.54. The van der Waals surface area contributed by atoms with Gasteiger partial charge in [0, 0.05) is 7.85 Å². The molecule has 2 nitrogen and oxygen atoms in total. The second-order valence-corrected chi connectivity index (χ2v) is 12.0. The predicted octanol–water partition coefficient (Wildman–Crippen LogP) is 3.12. The molecule has 6 saturated carbocycles. The summed E-state index contributed by atoms with van der Waals surface area (Å²) in [7, 11) is 0. The van der Waals surface area contributed by atoms with E-state index in [-0.39, 0.29) is 12.2 Å². The number of hydrogen-bond donors (Lipinski definition) is 2. The standard InChI is InChI=1S/C18H24I2O2/c19-17-11-5-1-3-7(21)9(5)15-13(11)14-12(18(15)20)6-2-4-8(22)10(6)16(14)17/h5-18,21-22H,1-4H2/t5-,6-,7-,8+,9+,10-,11+,12-,13+,14+,15+,16+,17-,18-/m1/s1. The van der Waals surface area contributed by atoms with Crippen molar-refractivity contribution in [1.82, 2.24) is 0 Å². The summed E-state index contributed by atoms with van der Waals surface area (Å²) in [6, 6.07) is 0. The molecule has 22 heavy (non-hydrogen) atoms. The van der Waals surface area contributed by atoms with Crippen LogP contribution in [0.3, 0.4) is 0 Å². The van der Waals surface area contributed by atoms with E-state index in [1.54, 1.807) is 0 Å². The van der Waals surface area contributed by atoms with E-state index in [9.17, 15) is 10.2 Å². The van der Waals surface area contributed by atoms with Crippen LogP contribution in [0.4, 0.5) is 0 Å². The average molecular weight is 526 g/mol. The molecule has 0 aromatic carbocycles. The Balaban J connectivity index is 1.49. The molecule has 0 radical (unpaired) electrons. The number of alkyl halides is 2. The second-order valence-electron chi connectivity index (χ2n) is 9.12.